The van der Waals surface area contributed by atoms with Gasteiger partial charge in [0, 0.05) is 11.5 Å². The van der Waals surface area contributed by atoms with Crippen LogP contribution in [-0.4, -0.2) is 30.9 Å². The first-order valence-electron chi connectivity index (χ1n) is 7.97. The number of hydrogen-bond acceptors (Lipinski definition) is 5. The van der Waals surface area contributed by atoms with E-state index in [0.717, 1.165) is 5.56 Å². The molecule has 2 rings (SSSR count). The number of rotatable bonds is 6. The first-order valence-corrected chi connectivity index (χ1v) is 7.97. The van der Waals surface area contributed by atoms with Crippen molar-refractivity contribution in [1.82, 2.24) is 0 Å². The largest absolute Gasteiger partial charge is 0.465 e. The van der Waals surface area contributed by atoms with Crippen LogP contribution in [0.4, 0.5) is 0 Å². The molecule has 0 radical (unpaired) electrons. The Hall–Kier alpha value is -2.17. The van der Waals surface area contributed by atoms with Crippen LogP contribution < -0.4 is 0 Å². The molecule has 0 aromatic heterocycles. The van der Waals surface area contributed by atoms with Crippen molar-refractivity contribution >= 4 is 17.7 Å². The predicted octanol–water partition coefficient (Wildman–Crippen LogP) is 2.74. The molecule has 0 aliphatic heterocycles. The molecule has 0 heterocycles. The van der Waals surface area contributed by atoms with Crippen molar-refractivity contribution in [1.29, 1.82) is 0 Å². The molecule has 124 valence electrons. The number of Topliss-reactive ketones (excluding diaryl/α,β-unsaturated/α-hetero) is 1. The number of carbonyl (C=O) groups is 3. The standard InChI is InChI=1S/C18H22O5/c1-4-22-17(20)15(18(21)23-5-2)10-14-11(3)12-8-6-7-9-13(12)16(14)19/h6-9,11,14-15H,4-5,10H2,1-3H3/t11-,14+/m0/s1. The van der Waals surface area contributed by atoms with Gasteiger partial charge in [-0.15, -0.1) is 0 Å². The summed E-state index contributed by atoms with van der Waals surface area (Å²) in [5.74, 6) is -2.77. The maximum atomic E-state index is 12.6. The Balaban J connectivity index is 2.22. The van der Waals surface area contributed by atoms with Gasteiger partial charge in [0.05, 0.1) is 13.2 Å². The Kier molecular flexibility index (Phi) is 5.53. The zero-order valence-electron chi connectivity index (χ0n) is 13.7. The van der Waals surface area contributed by atoms with Gasteiger partial charge in [-0.3, -0.25) is 14.4 Å². The van der Waals surface area contributed by atoms with Gasteiger partial charge >= 0.3 is 11.9 Å². The van der Waals surface area contributed by atoms with Gasteiger partial charge in [-0.05, 0) is 31.7 Å². The molecule has 1 aromatic carbocycles. The molecular formula is C18H22O5. The zero-order valence-corrected chi connectivity index (χ0v) is 13.7. The third kappa shape index (κ3) is 3.44. The second kappa shape index (κ2) is 7.40. The number of ether oxygens (including phenoxy) is 2. The van der Waals surface area contributed by atoms with Gasteiger partial charge in [0.2, 0.25) is 0 Å². The number of fused-ring (bicyclic) bond motifs is 1. The van der Waals surface area contributed by atoms with Crippen molar-refractivity contribution in [2.24, 2.45) is 11.8 Å². The molecule has 0 bridgehead atoms. The average Bonchev–Trinajstić information content (AvgIpc) is 2.77. The van der Waals surface area contributed by atoms with E-state index in [0.29, 0.717) is 5.56 Å². The molecule has 1 aromatic rings. The minimum Gasteiger partial charge on any atom is -0.465 e. The monoisotopic (exact) mass is 318 g/mol. The molecule has 0 unspecified atom stereocenters. The molecule has 23 heavy (non-hydrogen) atoms. The van der Waals surface area contributed by atoms with Gasteiger partial charge in [-0.1, -0.05) is 31.2 Å². The highest BCUT2D eigenvalue weighted by Gasteiger charge is 2.42. The van der Waals surface area contributed by atoms with E-state index in [9.17, 15) is 14.4 Å². The quantitative estimate of drug-likeness (QED) is 0.596. The average molecular weight is 318 g/mol. The normalized spacial score (nSPS) is 19.6. The third-order valence-corrected chi connectivity index (χ3v) is 4.29. The maximum Gasteiger partial charge on any atom is 0.320 e. The summed E-state index contributed by atoms with van der Waals surface area (Å²) >= 11 is 0. The molecule has 1 aliphatic carbocycles. The zero-order chi connectivity index (χ0) is 17.0. The van der Waals surface area contributed by atoms with Crippen LogP contribution in [0.3, 0.4) is 0 Å². The maximum absolute atomic E-state index is 12.6. The van der Waals surface area contributed by atoms with Gasteiger partial charge in [-0.25, -0.2) is 0 Å². The lowest BCUT2D eigenvalue weighted by Gasteiger charge is -2.20. The molecule has 1 aliphatic rings. The van der Waals surface area contributed by atoms with Crippen molar-refractivity contribution in [2.75, 3.05) is 13.2 Å². The minimum atomic E-state index is -1.05. The van der Waals surface area contributed by atoms with Crippen molar-refractivity contribution < 1.29 is 23.9 Å². The van der Waals surface area contributed by atoms with Gasteiger partial charge in [-0.2, -0.15) is 0 Å². The van der Waals surface area contributed by atoms with E-state index < -0.39 is 23.8 Å². The van der Waals surface area contributed by atoms with Crippen molar-refractivity contribution in [3.63, 3.8) is 0 Å². The van der Waals surface area contributed by atoms with Crippen molar-refractivity contribution in [3.8, 4) is 0 Å². The third-order valence-electron chi connectivity index (χ3n) is 4.29. The molecule has 0 saturated carbocycles. The van der Waals surface area contributed by atoms with Crippen LogP contribution in [0.2, 0.25) is 0 Å². The number of benzene rings is 1. The van der Waals surface area contributed by atoms with Crippen LogP contribution in [-0.2, 0) is 19.1 Å². The molecule has 0 amide bonds. The molecule has 5 nitrogen and oxygen atoms in total. The van der Waals surface area contributed by atoms with E-state index in [-0.39, 0.29) is 31.3 Å². The summed E-state index contributed by atoms with van der Waals surface area (Å²) < 4.78 is 9.96. The highest BCUT2D eigenvalue weighted by Crippen LogP contribution is 2.40. The van der Waals surface area contributed by atoms with Gasteiger partial charge in [0.25, 0.3) is 0 Å². The Morgan fingerprint density at radius 3 is 2.17 bits per heavy atom. The van der Waals surface area contributed by atoms with Crippen LogP contribution in [0.25, 0.3) is 0 Å². The summed E-state index contributed by atoms with van der Waals surface area (Å²) in [4.78, 5) is 36.8. The fraction of sp³-hybridized carbons (Fsp3) is 0.500. The summed E-state index contributed by atoms with van der Waals surface area (Å²) in [5.41, 5.74) is 1.64. The molecule has 0 fully saturated rings. The Labute approximate surface area is 136 Å². The SMILES string of the molecule is CCOC(=O)C(C[C@H]1C(=O)c2ccccc2[C@@H]1C)C(=O)OCC. The molecule has 5 heteroatoms. The van der Waals surface area contributed by atoms with Crippen LogP contribution in [0.5, 0.6) is 0 Å². The van der Waals surface area contributed by atoms with Crippen LogP contribution in [0.15, 0.2) is 24.3 Å². The van der Waals surface area contributed by atoms with E-state index in [4.69, 9.17) is 9.47 Å². The highest BCUT2D eigenvalue weighted by molar-refractivity contribution is 6.04. The fourth-order valence-corrected chi connectivity index (χ4v) is 3.10. The summed E-state index contributed by atoms with van der Waals surface area (Å²) in [5, 5.41) is 0. The summed E-state index contributed by atoms with van der Waals surface area (Å²) in [7, 11) is 0. The van der Waals surface area contributed by atoms with Crippen LogP contribution in [0.1, 0.15) is 49.0 Å². The van der Waals surface area contributed by atoms with Gasteiger partial charge in [0.15, 0.2) is 11.7 Å². The van der Waals surface area contributed by atoms with Crippen LogP contribution in [0, 0.1) is 11.8 Å². The van der Waals surface area contributed by atoms with E-state index in [1.54, 1.807) is 19.9 Å². The number of hydrogen-bond donors (Lipinski definition) is 0. The van der Waals surface area contributed by atoms with Crippen molar-refractivity contribution in [2.45, 2.75) is 33.1 Å². The summed E-state index contributed by atoms with van der Waals surface area (Å²) in [6.07, 6.45) is 0.117. The topological polar surface area (TPSA) is 69.7 Å². The molecule has 2 atom stereocenters. The number of carbonyl (C=O) groups excluding carboxylic acids is 3. The lowest BCUT2D eigenvalue weighted by Crippen LogP contribution is -2.32. The summed E-state index contributed by atoms with van der Waals surface area (Å²) in [6.45, 7) is 5.67. The van der Waals surface area contributed by atoms with E-state index >= 15 is 0 Å². The Bertz CT molecular complexity index is 589. The first kappa shape index (κ1) is 17.2. The van der Waals surface area contributed by atoms with Crippen molar-refractivity contribution in [3.05, 3.63) is 35.4 Å². The van der Waals surface area contributed by atoms with E-state index in [2.05, 4.69) is 0 Å². The Morgan fingerprint density at radius 2 is 1.65 bits per heavy atom. The highest BCUT2D eigenvalue weighted by atomic mass is 16.6. The fourth-order valence-electron chi connectivity index (χ4n) is 3.10. The molecule has 0 saturated heterocycles. The first-order chi connectivity index (χ1) is 11.0. The van der Waals surface area contributed by atoms with Gasteiger partial charge < -0.3 is 9.47 Å². The van der Waals surface area contributed by atoms with E-state index in [1.807, 2.05) is 25.1 Å². The smallest absolute Gasteiger partial charge is 0.320 e. The molecular weight excluding hydrogens is 296 g/mol. The number of esters is 2. The second-order valence-electron chi connectivity index (χ2n) is 5.64. The van der Waals surface area contributed by atoms with Crippen LogP contribution >= 0.6 is 0 Å². The summed E-state index contributed by atoms with van der Waals surface area (Å²) in [6, 6.07) is 7.42. The molecule has 0 spiro atoms. The number of ketones is 1. The minimum absolute atomic E-state index is 0.0216. The Morgan fingerprint density at radius 1 is 1.09 bits per heavy atom. The van der Waals surface area contributed by atoms with Gasteiger partial charge in [0.1, 0.15) is 0 Å². The lowest BCUT2D eigenvalue weighted by molar-refractivity contribution is -0.162. The van der Waals surface area contributed by atoms with E-state index in [1.165, 1.54) is 0 Å². The molecule has 0 N–H and O–H groups in total. The predicted molar refractivity (Wildman–Crippen MR) is 84.1 cm³/mol. The lowest BCUT2D eigenvalue weighted by atomic mass is 9.85. The second-order valence-corrected chi connectivity index (χ2v) is 5.64.